The predicted octanol–water partition coefficient (Wildman–Crippen LogP) is 3.68. The van der Waals surface area contributed by atoms with Crippen molar-refractivity contribution >= 4 is 34.5 Å². The molecule has 3 aromatic rings. The lowest BCUT2D eigenvalue weighted by Crippen LogP contribution is -2.12. The second-order valence-corrected chi connectivity index (χ2v) is 6.21. The molecule has 0 spiro atoms. The fourth-order valence-electron chi connectivity index (χ4n) is 2.34. The van der Waals surface area contributed by atoms with Crippen molar-refractivity contribution in [2.75, 3.05) is 17.9 Å². The number of amides is 1. The van der Waals surface area contributed by atoms with Crippen LogP contribution >= 0.6 is 11.8 Å². The SMILES string of the molecule is O=C(CCSc1nc2ccccc2o1)Nc1ccc2c(c1)OCO2. The Kier molecular flexibility index (Phi) is 4.00. The Balaban J connectivity index is 1.30. The fraction of sp³-hybridized carbons (Fsp3) is 0.176. The van der Waals surface area contributed by atoms with E-state index in [1.165, 1.54) is 11.8 Å². The second-order valence-electron chi connectivity index (χ2n) is 5.16. The van der Waals surface area contributed by atoms with Crippen LogP contribution in [0.5, 0.6) is 11.5 Å². The van der Waals surface area contributed by atoms with E-state index in [1.54, 1.807) is 18.2 Å². The molecule has 2 heterocycles. The first kappa shape index (κ1) is 14.9. The molecule has 1 N–H and O–H groups in total. The molecular weight excluding hydrogens is 328 g/mol. The van der Waals surface area contributed by atoms with Crippen molar-refractivity contribution in [2.45, 2.75) is 11.6 Å². The summed E-state index contributed by atoms with van der Waals surface area (Å²) in [5, 5.41) is 3.42. The van der Waals surface area contributed by atoms with Crippen LogP contribution in [0.2, 0.25) is 0 Å². The van der Waals surface area contributed by atoms with Gasteiger partial charge in [-0.15, -0.1) is 0 Å². The van der Waals surface area contributed by atoms with Crippen LogP contribution in [0.1, 0.15) is 6.42 Å². The van der Waals surface area contributed by atoms with Crippen molar-refractivity contribution in [3.05, 3.63) is 42.5 Å². The molecule has 1 aliphatic heterocycles. The van der Waals surface area contributed by atoms with E-state index in [1.807, 2.05) is 24.3 Å². The van der Waals surface area contributed by atoms with Gasteiger partial charge in [0, 0.05) is 23.9 Å². The molecule has 0 atom stereocenters. The van der Waals surface area contributed by atoms with Crippen LogP contribution in [-0.2, 0) is 4.79 Å². The molecule has 24 heavy (non-hydrogen) atoms. The number of aromatic nitrogens is 1. The van der Waals surface area contributed by atoms with Crippen LogP contribution in [0.25, 0.3) is 11.1 Å². The second kappa shape index (κ2) is 6.45. The number of nitrogens with one attached hydrogen (secondary N) is 1. The lowest BCUT2D eigenvalue weighted by Gasteiger charge is -2.05. The minimum Gasteiger partial charge on any atom is -0.454 e. The Hall–Kier alpha value is -2.67. The molecule has 0 aliphatic carbocycles. The van der Waals surface area contributed by atoms with E-state index in [2.05, 4.69) is 10.3 Å². The van der Waals surface area contributed by atoms with Gasteiger partial charge in [-0.3, -0.25) is 4.79 Å². The highest BCUT2D eigenvalue weighted by Gasteiger charge is 2.14. The Bertz CT molecular complexity index is 860. The van der Waals surface area contributed by atoms with Gasteiger partial charge in [0.1, 0.15) is 5.52 Å². The molecule has 0 fully saturated rings. The number of para-hydroxylation sites is 2. The Morgan fingerprint density at radius 1 is 1.17 bits per heavy atom. The molecule has 122 valence electrons. The number of hydrogen-bond donors (Lipinski definition) is 1. The summed E-state index contributed by atoms with van der Waals surface area (Å²) < 4.78 is 16.1. The molecular formula is C17H14N2O4S. The van der Waals surface area contributed by atoms with E-state index in [9.17, 15) is 4.79 Å². The Morgan fingerprint density at radius 3 is 2.96 bits per heavy atom. The summed E-state index contributed by atoms with van der Waals surface area (Å²) in [4.78, 5) is 16.4. The van der Waals surface area contributed by atoms with Crippen molar-refractivity contribution in [3.8, 4) is 11.5 Å². The number of hydrogen-bond acceptors (Lipinski definition) is 6. The van der Waals surface area contributed by atoms with Gasteiger partial charge >= 0.3 is 0 Å². The third kappa shape index (κ3) is 3.16. The summed E-state index contributed by atoms with van der Waals surface area (Å²) in [7, 11) is 0. The van der Waals surface area contributed by atoms with Gasteiger partial charge in [0.25, 0.3) is 5.22 Å². The average molecular weight is 342 g/mol. The van der Waals surface area contributed by atoms with Gasteiger partial charge in [0.05, 0.1) is 0 Å². The molecule has 0 bridgehead atoms. The number of nitrogens with zero attached hydrogens (tertiary/aromatic N) is 1. The highest BCUT2D eigenvalue weighted by atomic mass is 32.2. The standard InChI is InChI=1S/C17H14N2O4S/c20-16(18-11-5-6-14-15(9-11)22-10-21-14)7-8-24-17-19-12-3-1-2-4-13(12)23-17/h1-6,9H,7-8,10H2,(H,18,20). The lowest BCUT2D eigenvalue weighted by molar-refractivity contribution is -0.115. The van der Waals surface area contributed by atoms with Gasteiger partial charge in [0.15, 0.2) is 17.1 Å². The van der Waals surface area contributed by atoms with E-state index in [-0.39, 0.29) is 12.7 Å². The van der Waals surface area contributed by atoms with Crippen molar-refractivity contribution in [3.63, 3.8) is 0 Å². The van der Waals surface area contributed by atoms with E-state index >= 15 is 0 Å². The quantitative estimate of drug-likeness (QED) is 0.713. The molecule has 7 heteroatoms. The highest BCUT2D eigenvalue weighted by Crippen LogP contribution is 2.34. The van der Waals surface area contributed by atoms with Crippen molar-refractivity contribution < 1.29 is 18.7 Å². The van der Waals surface area contributed by atoms with Crippen LogP contribution in [0.15, 0.2) is 52.1 Å². The summed E-state index contributed by atoms with van der Waals surface area (Å²) >= 11 is 1.42. The third-order valence-corrected chi connectivity index (χ3v) is 4.32. The normalized spacial score (nSPS) is 12.5. The highest BCUT2D eigenvalue weighted by molar-refractivity contribution is 7.99. The number of carbonyl (C=O) groups excluding carboxylic acids is 1. The van der Waals surface area contributed by atoms with E-state index in [0.717, 1.165) is 11.1 Å². The maximum Gasteiger partial charge on any atom is 0.256 e. The maximum absolute atomic E-state index is 12.0. The fourth-order valence-corrected chi connectivity index (χ4v) is 3.12. The molecule has 0 unspecified atom stereocenters. The number of thioether (sulfide) groups is 1. The number of oxazole rings is 1. The number of carbonyl (C=O) groups is 1. The lowest BCUT2D eigenvalue weighted by atomic mass is 10.2. The summed E-state index contributed by atoms with van der Waals surface area (Å²) in [6, 6.07) is 12.9. The zero-order valence-corrected chi connectivity index (χ0v) is 13.5. The molecule has 6 nitrogen and oxygen atoms in total. The summed E-state index contributed by atoms with van der Waals surface area (Å²) in [5.74, 6) is 1.86. The Morgan fingerprint density at radius 2 is 2.04 bits per heavy atom. The van der Waals surface area contributed by atoms with Crippen LogP contribution in [0, 0.1) is 0 Å². The number of fused-ring (bicyclic) bond motifs is 2. The Labute approximate surface area is 142 Å². The zero-order valence-electron chi connectivity index (χ0n) is 12.7. The van der Waals surface area contributed by atoms with Crippen LogP contribution in [-0.4, -0.2) is 23.4 Å². The average Bonchev–Trinajstić information content (AvgIpc) is 3.20. The number of anilines is 1. The van der Waals surface area contributed by atoms with Crippen LogP contribution in [0.4, 0.5) is 5.69 Å². The van der Waals surface area contributed by atoms with Gasteiger partial charge < -0.3 is 19.2 Å². The van der Waals surface area contributed by atoms with Gasteiger partial charge in [0.2, 0.25) is 12.7 Å². The summed E-state index contributed by atoms with van der Waals surface area (Å²) in [5.41, 5.74) is 2.27. The maximum atomic E-state index is 12.0. The van der Waals surface area contributed by atoms with Gasteiger partial charge in [-0.25, -0.2) is 4.98 Å². The molecule has 4 rings (SSSR count). The minimum absolute atomic E-state index is 0.0718. The predicted molar refractivity (Wildman–Crippen MR) is 90.5 cm³/mol. The molecule has 0 saturated heterocycles. The molecule has 1 aliphatic rings. The summed E-state index contributed by atoms with van der Waals surface area (Å²) in [6.07, 6.45) is 0.359. The smallest absolute Gasteiger partial charge is 0.256 e. The van der Waals surface area contributed by atoms with E-state index in [4.69, 9.17) is 13.9 Å². The zero-order chi connectivity index (χ0) is 16.4. The molecule has 1 amide bonds. The monoisotopic (exact) mass is 342 g/mol. The number of rotatable bonds is 5. The molecule has 0 saturated carbocycles. The van der Waals surface area contributed by atoms with Crippen molar-refractivity contribution in [1.29, 1.82) is 0 Å². The molecule has 1 aromatic heterocycles. The summed E-state index contributed by atoms with van der Waals surface area (Å²) in [6.45, 7) is 0.216. The van der Waals surface area contributed by atoms with Crippen molar-refractivity contribution in [1.82, 2.24) is 4.98 Å². The first-order chi connectivity index (χ1) is 11.8. The van der Waals surface area contributed by atoms with Gasteiger partial charge in [-0.2, -0.15) is 0 Å². The first-order valence-corrected chi connectivity index (χ1v) is 8.44. The molecule has 2 aromatic carbocycles. The van der Waals surface area contributed by atoms with Crippen molar-refractivity contribution in [2.24, 2.45) is 0 Å². The van der Waals surface area contributed by atoms with E-state index in [0.29, 0.717) is 34.6 Å². The van der Waals surface area contributed by atoms with Gasteiger partial charge in [-0.05, 0) is 24.3 Å². The molecule has 0 radical (unpaired) electrons. The number of benzene rings is 2. The van der Waals surface area contributed by atoms with Gasteiger partial charge in [-0.1, -0.05) is 23.9 Å². The van der Waals surface area contributed by atoms with E-state index < -0.39 is 0 Å². The first-order valence-electron chi connectivity index (χ1n) is 7.46. The largest absolute Gasteiger partial charge is 0.454 e. The van der Waals surface area contributed by atoms with Crippen LogP contribution in [0.3, 0.4) is 0 Å². The third-order valence-electron chi connectivity index (χ3n) is 3.49. The number of ether oxygens (including phenoxy) is 2. The minimum atomic E-state index is -0.0718. The topological polar surface area (TPSA) is 73.6 Å². The van der Waals surface area contributed by atoms with Crippen LogP contribution < -0.4 is 14.8 Å².